The summed E-state index contributed by atoms with van der Waals surface area (Å²) in [6.45, 7) is 5.36. The van der Waals surface area contributed by atoms with Crippen molar-refractivity contribution in [1.29, 1.82) is 0 Å². The Morgan fingerprint density at radius 1 is 1.37 bits per heavy atom. The fraction of sp³-hybridized carbons (Fsp3) is 0.357. The van der Waals surface area contributed by atoms with Gasteiger partial charge in [0.05, 0.1) is 5.92 Å². The zero-order chi connectivity index (χ0) is 14.0. The van der Waals surface area contributed by atoms with Crippen molar-refractivity contribution in [1.82, 2.24) is 9.97 Å². The summed E-state index contributed by atoms with van der Waals surface area (Å²) in [4.78, 5) is 21.2. The van der Waals surface area contributed by atoms with Gasteiger partial charge >= 0.3 is 5.97 Å². The fourth-order valence-electron chi connectivity index (χ4n) is 2.19. The van der Waals surface area contributed by atoms with E-state index in [1.54, 1.807) is 18.3 Å². The minimum Gasteiger partial charge on any atom is -0.481 e. The summed E-state index contributed by atoms with van der Waals surface area (Å²) in [5.74, 6) is -0.671. The molecule has 1 atom stereocenters. The zero-order valence-corrected chi connectivity index (χ0v) is 12.0. The van der Waals surface area contributed by atoms with Gasteiger partial charge in [-0.1, -0.05) is 6.07 Å². The van der Waals surface area contributed by atoms with Gasteiger partial charge < -0.3 is 5.11 Å². The van der Waals surface area contributed by atoms with Gasteiger partial charge in [0.15, 0.2) is 0 Å². The number of rotatable bonds is 4. The molecule has 2 aromatic heterocycles. The molecular weight excluding hydrogens is 260 g/mol. The number of aromatic nitrogens is 2. The van der Waals surface area contributed by atoms with Crippen LogP contribution in [-0.4, -0.2) is 21.0 Å². The molecule has 4 nitrogen and oxygen atoms in total. The third-order valence-corrected chi connectivity index (χ3v) is 3.97. The molecule has 0 aromatic carbocycles. The molecule has 0 amide bonds. The molecular formula is C14H16N2O2S. The molecule has 5 heteroatoms. The van der Waals surface area contributed by atoms with Gasteiger partial charge in [-0.3, -0.25) is 4.79 Å². The monoisotopic (exact) mass is 276 g/mol. The molecule has 19 heavy (non-hydrogen) atoms. The molecule has 0 fully saturated rings. The highest BCUT2D eigenvalue weighted by Gasteiger charge is 2.20. The van der Waals surface area contributed by atoms with Crippen LogP contribution < -0.4 is 0 Å². The molecule has 0 radical (unpaired) electrons. The molecule has 1 N–H and O–H groups in total. The van der Waals surface area contributed by atoms with E-state index < -0.39 is 11.9 Å². The van der Waals surface area contributed by atoms with Gasteiger partial charge in [-0.05, 0) is 32.2 Å². The van der Waals surface area contributed by atoms with Crippen molar-refractivity contribution in [2.45, 2.75) is 33.1 Å². The Kier molecular flexibility index (Phi) is 3.95. The van der Waals surface area contributed by atoms with Gasteiger partial charge in [-0.25, -0.2) is 9.97 Å². The summed E-state index contributed by atoms with van der Waals surface area (Å²) in [6.07, 6.45) is 0.696. The van der Waals surface area contributed by atoms with Crippen molar-refractivity contribution in [3.63, 3.8) is 0 Å². The zero-order valence-electron chi connectivity index (χ0n) is 11.2. The normalized spacial score (nSPS) is 12.4. The molecule has 0 saturated heterocycles. The van der Waals surface area contributed by atoms with Gasteiger partial charge in [-0.2, -0.15) is 0 Å². The van der Waals surface area contributed by atoms with Crippen molar-refractivity contribution in [3.05, 3.63) is 45.2 Å². The lowest BCUT2D eigenvalue weighted by Crippen LogP contribution is -2.14. The first-order chi connectivity index (χ1) is 8.99. The number of hydrogen-bond acceptors (Lipinski definition) is 4. The number of hydrogen-bond donors (Lipinski definition) is 1. The molecule has 2 rings (SSSR count). The molecule has 0 aliphatic carbocycles. The predicted octanol–water partition coefficient (Wildman–Crippen LogP) is 2.93. The summed E-state index contributed by atoms with van der Waals surface area (Å²) in [7, 11) is 0. The second-order valence-electron chi connectivity index (χ2n) is 4.54. The van der Waals surface area contributed by atoms with E-state index in [1.807, 2.05) is 31.4 Å². The van der Waals surface area contributed by atoms with Crippen LogP contribution in [-0.2, 0) is 11.2 Å². The average Bonchev–Trinajstić information content (AvgIpc) is 2.80. The predicted molar refractivity (Wildman–Crippen MR) is 74.7 cm³/mol. The third kappa shape index (κ3) is 2.98. The second-order valence-corrected chi connectivity index (χ2v) is 5.57. The Hall–Kier alpha value is -1.75. The third-order valence-electron chi connectivity index (χ3n) is 3.09. The lowest BCUT2D eigenvalue weighted by Gasteiger charge is -2.13. The van der Waals surface area contributed by atoms with Crippen LogP contribution in [0.5, 0.6) is 0 Å². The van der Waals surface area contributed by atoms with Crippen molar-refractivity contribution in [2.24, 2.45) is 0 Å². The quantitative estimate of drug-likeness (QED) is 0.932. The molecule has 2 aromatic rings. The number of aryl methyl sites for hydroxylation is 2. The molecule has 2 heterocycles. The van der Waals surface area contributed by atoms with E-state index in [0.717, 1.165) is 22.8 Å². The summed E-state index contributed by atoms with van der Waals surface area (Å²) >= 11 is 1.67. The highest BCUT2D eigenvalue weighted by Crippen LogP contribution is 2.22. The van der Waals surface area contributed by atoms with Crippen LogP contribution in [0.2, 0.25) is 0 Å². The summed E-state index contributed by atoms with van der Waals surface area (Å²) in [5, 5.41) is 11.1. The maximum absolute atomic E-state index is 11.1. The largest absolute Gasteiger partial charge is 0.481 e. The van der Waals surface area contributed by atoms with Crippen LogP contribution in [0.25, 0.3) is 0 Å². The van der Waals surface area contributed by atoms with Gasteiger partial charge in [0.2, 0.25) is 0 Å². The van der Waals surface area contributed by atoms with Crippen LogP contribution in [0.15, 0.2) is 17.5 Å². The minimum atomic E-state index is -0.846. The highest BCUT2D eigenvalue weighted by molar-refractivity contribution is 7.09. The Balaban J connectivity index is 2.34. The minimum absolute atomic E-state index is 0.573. The van der Waals surface area contributed by atoms with E-state index in [1.165, 1.54) is 4.88 Å². The average molecular weight is 276 g/mol. The Labute approximate surface area is 116 Å². The van der Waals surface area contributed by atoms with Crippen LogP contribution in [0.3, 0.4) is 0 Å². The number of carboxylic acids is 1. The first-order valence-corrected chi connectivity index (χ1v) is 6.96. The number of carboxylic acid groups (broad SMARTS) is 1. The molecule has 0 aliphatic heterocycles. The van der Waals surface area contributed by atoms with E-state index >= 15 is 0 Å². The molecule has 0 saturated carbocycles. The first-order valence-electron chi connectivity index (χ1n) is 6.08. The van der Waals surface area contributed by atoms with Crippen LogP contribution in [0, 0.1) is 13.8 Å². The van der Waals surface area contributed by atoms with Gasteiger partial charge in [-0.15, -0.1) is 11.3 Å². The molecule has 0 spiro atoms. The summed E-state index contributed by atoms with van der Waals surface area (Å²) in [6, 6.07) is 4.05. The number of aliphatic carboxylic acids is 1. The molecule has 1 unspecified atom stereocenters. The van der Waals surface area contributed by atoms with Crippen LogP contribution in [0.1, 0.15) is 40.5 Å². The van der Waals surface area contributed by atoms with Gasteiger partial charge in [0.25, 0.3) is 0 Å². The number of nitrogens with zero attached hydrogens (tertiary/aromatic N) is 2. The lowest BCUT2D eigenvalue weighted by molar-refractivity contribution is -0.138. The Morgan fingerprint density at radius 3 is 2.47 bits per heavy atom. The topological polar surface area (TPSA) is 63.1 Å². The van der Waals surface area contributed by atoms with E-state index in [9.17, 15) is 4.79 Å². The lowest BCUT2D eigenvalue weighted by atomic mass is 9.98. The molecule has 0 bridgehead atoms. The van der Waals surface area contributed by atoms with Crippen molar-refractivity contribution < 1.29 is 9.90 Å². The first kappa shape index (κ1) is 13.7. The number of thiophene rings is 1. The highest BCUT2D eigenvalue weighted by atomic mass is 32.1. The fourth-order valence-corrected chi connectivity index (χ4v) is 2.89. The summed E-state index contributed by atoms with van der Waals surface area (Å²) < 4.78 is 0. The maximum atomic E-state index is 11.1. The number of carbonyl (C=O) groups is 1. The van der Waals surface area contributed by atoms with E-state index in [2.05, 4.69) is 9.97 Å². The standard InChI is InChI=1S/C14H16N2O2S/c1-8(14(17)18)13-9(2)15-12(16-10(13)3)7-11-5-4-6-19-11/h4-6,8H,7H2,1-3H3,(H,17,18). The van der Waals surface area contributed by atoms with Crippen molar-refractivity contribution >= 4 is 17.3 Å². The van der Waals surface area contributed by atoms with E-state index in [0.29, 0.717) is 6.42 Å². The van der Waals surface area contributed by atoms with Gasteiger partial charge in [0, 0.05) is 28.2 Å². The van der Waals surface area contributed by atoms with E-state index in [4.69, 9.17) is 5.11 Å². The van der Waals surface area contributed by atoms with Crippen LogP contribution >= 0.6 is 11.3 Å². The Morgan fingerprint density at radius 2 is 2.00 bits per heavy atom. The summed E-state index contributed by atoms with van der Waals surface area (Å²) in [5.41, 5.74) is 2.24. The smallest absolute Gasteiger partial charge is 0.310 e. The SMILES string of the molecule is Cc1nc(Cc2cccs2)nc(C)c1C(C)C(=O)O. The van der Waals surface area contributed by atoms with Crippen LogP contribution in [0.4, 0.5) is 0 Å². The molecule has 0 aliphatic rings. The van der Waals surface area contributed by atoms with Crippen molar-refractivity contribution in [3.8, 4) is 0 Å². The van der Waals surface area contributed by atoms with E-state index in [-0.39, 0.29) is 0 Å². The van der Waals surface area contributed by atoms with Gasteiger partial charge in [0.1, 0.15) is 5.82 Å². The van der Waals surface area contributed by atoms with Crippen molar-refractivity contribution in [2.75, 3.05) is 0 Å². The Bertz CT molecular complexity index is 570. The maximum Gasteiger partial charge on any atom is 0.310 e. The molecule has 100 valence electrons. The second kappa shape index (κ2) is 5.48.